The Hall–Kier alpha value is -1.65. The van der Waals surface area contributed by atoms with Gasteiger partial charge in [-0.25, -0.2) is 4.98 Å². The molecule has 5 heteroatoms. The Balaban J connectivity index is 2.42. The van der Waals surface area contributed by atoms with Crippen LogP contribution in [0.25, 0.3) is 16.9 Å². The maximum absolute atomic E-state index is 6.19. The van der Waals surface area contributed by atoms with Gasteiger partial charge in [0.25, 0.3) is 0 Å². The predicted octanol–water partition coefficient (Wildman–Crippen LogP) is 4.35. The van der Waals surface area contributed by atoms with Crippen LogP contribution in [0.3, 0.4) is 0 Å². The van der Waals surface area contributed by atoms with Crippen molar-refractivity contribution in [2.75, 3.05) is 0 Å². The number of nitrogens with zero attached hydrogens (tertiary/aromatic N) is 2. The van der Waals surface area contributed by atoms with Crippen molar-refractivity contribution in [1.29, 1.82) is 0 Å². The summed E-state index contributed by atoms with van der Waals surface area (Å²) >= 11 is 11.6. The topological polar surface area (TPSA) is 33.6 Å². The van der Waals surface area contributed by atoms with E-state index in [9.17, 15) is 0 Å². The number of nitrogens with one attached hydrogen (secondary N) is 1. The Morgan fingerprint density at radius 2 is 2.00 bits per heavy atom. The number of aryl methyl sites for hydroxylation is 1. The molecule has 96 valence electrons. The minimum absolute atomic E-state index is 0.624. The fraction of sp³-hybridized carbons (Fsp3) is 0.143. The highest BCUT2D eigenvalue weighted by Gasteiger charge is 2.11. The van der Waals surface area contributed by atoms with Gasteiger partial charge >= 0.3 is 0 Å². The molecule has 3 rings (SSSR count). The zero-order chi connectivity index (χ0) is 13.6. The van der Waals surface area contributed by atoms with Crippen molar-refractivity contribution in [1.82, 2.24) is 14.5 Å². The van der Waals surface area contributed by atoms with Gasteiger partial charge in [0.15, 0.2) is 10.4 Å². The summed E-state index contributed by atoms with van der Waals surface area (Å²) < 4.78 is 2.55. The van der Waals surface area contributed by atoms with Crippen LogP contribution in [0.2, 0.25) is 5.02 Å². The molecule has 3 nitrogen and oxygen atoms in total. The number of benzene rings is 1. The molecular formula is C14H12ClN3S. The summed E-state index contributed by atoms with van der Waals surface area (Å²) in [4.78, 5) is 7.74. The fourth-order valence-electron chi connectivity index (χ4n) is 2.14. The minimum atomic E-state index is 0.624. The van der Waals surface area contributed by atoms with E-state index in [4.69, 9.17) is 23.8 Å². The molecule has 0 spiro atoms. The van der Waals surface area contributed by atoms with E-state index in [1.165, 1.54) is 0 Å². The average molecular weight is 290 g/mol. The second-order valence-electron chi connectivity index (χ2n) is 4.47. The number of imidazole rings is 1. The Bertz CT molecular complexity index is 832. The summed E-state index contributed by atoms with van der Waals surface area (Å²) in [6, 6.07) is 9.74. The van der Waals surface area contributed by atoms with Crippen molar-refractivity contribution in [3.05, 3.63) is 51.4 Å². The smallest absolute Gasteiger partial charge is 0.184 e. The van der Waals surface area contributed by atoms with Crippen LogP contribution in [0, 0.1) is 18.6 Å². The third kappa shape index (κ3) is 1.97. The first-order valence-corrected chi connectivity index (χ1v) is 6.70. The summed E-state index contributed by atoms with van der Waals surface area (Å²) in [5.74, 6) is 0. The van der Waals surface area contributed by atoms with E-state index in [1.54, 1.807) is 0 Å². The quantitative estimate of drug-likeness (QED) is 0.676. The zero-order valence-corrected chi connectivity index (χ0v) is 12.1. The van der Waals surface area contributed by atoms with Crippen LogP contribution in [-0.4, -0.2) is 14.5 Å². The minimum Gasteiger partial charge on any atom is -0.329 e. The number of aromatic nitrogens is 3. The van der Waals surface area contributed by atoms with E-state index >= 15 is 0 Å². The van der Waals surface area contributed by atoms with E-state index < -0.39 is 0 Å². The number of halogens is 1. The van der Waals surface area contributed by atoms with Gasteiger partial charge < -0.3 is 4.98 Å². The SMILES string of the molecule is Cc1ccc2[nH]c(=S)n(-c3cccc(Cl)c3C)c2n1. The maximum atomic E-state index is 6.19. The van der Waals surface area contributed by atoms with Crippen LogP contribution in [0.5, 0.6) is 0 Å². The summed E-state index contributed by atoms with van der Waals surface area (Å²) in [5, 5.41) is 0.724. The molecule has 0 saturated heterocycles. The second kappa shape index (κ2) is 4.47. The molecule has 2 aromatic heterocycles. The largest absolute Gasteiger partial charge is 0.329 e. The van der Waals surface area contributed by atoms with Crippen molar-refractivity contribution >= 4 is 35.0 Å². The number of H-pyrrole nitrogens is 1. The number of aromatic amines is 1. The van der Waals surface area contributed by atoms with Crippen molar-refractivity contribution in [2.45, 2.75) is 13.8 Å². The van der Waals surface area contributed by atoms with Crippen LogP contribution < -0.4 is 0 Å². The second-order valence-corrected chi connectivity index (χ2v) is 5.27. The number of hydrogen-bond acceptors (Lipinski definition) is 2. The van der Waals surface area contributed by atoms with Gasteiger partial charge in [-0.15, -0.1) is 0 Å². The summed E-state index contributed by atoms with van der Waals surface area (Å²) in [7, 11) is 0. The molecule has 0 aliphatic carbocycles. The maximum Gasteiger partial charge on any atom is 0.184 e. The number of hydrogen-bond donors (Lipinski definition) is 1. The lowest BCUT2D eigenvalue weighted by molar-refractivity contribution is 1.02. The van der Waals surface area contributed by atoms with Crippen LogP contribution in [0.15, 0.2) is 30.3 Å². The molecule has 0 atom stereocenters. The normalized spacial score (nSPS) is 11.1. The molecule has 3 aromatic rings. The third-order valence-corrected chi connectivity index (χ3v) is 3.84. The van der Waals surface area contributed by atoms with Crippen molar-refractivity contribution in [3.63, 3.8) is 0 Å². The van der Waals surface area contributed by atoms with Gasteiger partial charge in [-0.1, -0.05) is 17.7 Å². The Morgan fingerprint density at radius 1 is 1.21 bits per heavy atom. The lowest BCUT2D eigenvalue weighted by atomic mass is 10.2. The molecule has 0 fully saturated rings. The molecule has 1 aromatic carbocycles. The van der Waals surface area contributed by atoms with Gasteiger partial charge in [-0.3, -0.25) is 4.57 Å². The molecule has 0 aliphatic rings. The van der Waals surface area contributed by atoms with Gasteiger partial charge in [-0.2, -0.15) is 0 Å². The van der Waals surface area contributed by atoms with Crippen molar-refractivity contribution < 1.29 is 0 Å². The highest BCUT2D eigenvalue weighted by Crippen LogP contribution is 2.25. The fourth-order valence-corrected chi connectivity index (χ4v) is 2.60. The van der Waals surface area contributed by atoms with Crippen molar-refractivity contribution in [2.24, 2.45) is 0 Å². The van der Waals surface area contributed by atoms with Crippen LogP contribution in [-0.2, 0) is 0 Å². The van der Waals surface area contributed by atoms with E-state index in [1.807, 2.05) is 48.7 Å². The van der Waals surface area contributed by atoms with Gasteiger partial charge in [0.2, 0.25) is 0 Å². The summed E-state index contributed by atoms with van der Waals surface area (Å²) in [6.45, 7) is 3.94. The highest BCUT2D eigenvalue weighted by atomic mass is 35.5. The molecule has 0 amide bonds. The number of pyridine rings is 1. The molecular weight excluding hydrogens is 278 g/mol. The molecule has 0 radical (unpaired) electrons. The predicted molar refractivity (Wildman–Crippen MR) is 80.7 cm³/mol. The molecule has 19 heavy (non-hydrogen) atoms. The lowest BCUT2D eigenvalue weighted by Crippen LogP contribution is -1.99. The van der Waals surface area contributed by atoms with E-state index in [0.717, 1.165) is 33.1 Å². The van der Waals surface area contributed by atoms with Gasteiger partial charge in [0.1, 0.15) is 0 Å². The van der Waals surface area contributed by atoms with Crippen LogP contribution >= 0.6 is 23.8 Å². The molecule has 2 heterocycles. The standard InChI is InChI=1S/C14H12ClN3S/c1-8-6-7-11-13(16-8)18(14(19)17-11)12-5-3-4-10(15)9(12)2/h3-7H,1-2H3,(H,17,19). The first kappa shape index (κ1) is 12.4. The average Bonchev–Trinajstić information content (AvgIpc) is 2.69. The van der Waals surface area contributed by atoms with E-state index in [0.29, 0.717) is 4.77 Å². The van der Waals surface area contributed by atoms with E-state index in [2.05, 4.69) is 9.97 Å². The third-order valence-electron chi connectivity index (χ3n) is 3.15. The number of fused-ring (bicyclic) bond motifs is 1. The Kier molecular flexibility index (Phi) is 2.92. The monoisotopic (exact) mass is 289 g/mol. The first-order chi connectivity index (χ1) is 9.08. The number of rotatable bonds is 1. The molecule has 0 saturated carbocycles. The van der Waals surface area contributed by atoms with Crippen molar-refractivity contribution in [3.8, 4) is 5.69 Å². The van der Waals surface area contributed by atoms with Gasteiger partial charge in [0.05, 0.1) is 11.2 Å². The first-order valence-electron chi connectivity index (χ1n) is 5.92. The lowest BCUT2D eigenvalue weighted by Gasteiger charge is -2.09. The molecule has 0 bridgehead atoms. The zero-order valence-electron chi connectivity index (χ0n) is 10.6. The Morgan fingerprint density at radius 3 is 2.79 bits per heavy atom. The summed E-state index contributed by atoms with van der Waals surface area (Å²) in [6.07, 6.45) is 0. The summed E-state index contributed by atoms with van der Waals surface area (Å²) in [5.41, 5.74) is 4.66. The molecule has 0 unspecified atom stereocenters. The van der Waals surface area contributed by atoms with Gasteiger partial charge in [0, 0.05) is 10.7 Å². The van der Waals surface area contributed by atoms with Crippen LogP contribution in [0.4, 0.5) is 0 Å². The molecule has 1 N–H and O–H groups in total. The molecule has 0 aliphatic heterocycles. The van der Waals surface area contributed by atoms with Gasteiger partial charge in [-0.05, 0) is 55.9 Å². The Labute approximate surface area is 120 Å². The van der Waals surface area contributed by atoms with Crippen LogP contribution in [0.1, 0.15) is 11.3 Å². The van der Waals surface area contributed by atoms with E-state index in [-0.39, 0.29) is 0 Å². The highest BCUT2D eigenvalue weighted by molar-refractivity contribution is 7.71.